The molecule has 164 valence electrons. The summed E-state index contributed by atoms with van der Waals surface area (Å²) in [6.07, 6.45) is 0.791. The first-order valence-electron chi connectivity index (χ1n) is 10.3. The Kier molecular flexibility index (Phi) is 7.02. The zero-order valence-corrected chi connectivity index (χ0v) is 18.8. The molecule has 0 unspecified atom stereocenters. The lowest BCUT2D eigenvalue weighted by Gasteiger charge is -2.11. The van der Waals surface area contributed by atoms with Gasteiger partial charge in [0.2, 0.25) is 0 Å². The first-order valence-corrected chi connectivity index (χ1v) is 10.3. The van der Waals surface area contributed by atoms with E-state index in [1.807, 2.05) is 67.8 Å². The van der Waals surface area contributed by atoms with Crippen LogP contribution in [0.15, 0.2) is 42.5 Å². The fourth-order valence-corrected chi connectivity index (χ4v) is 3.96. The number of nitrogens with one attached hydrogen (secondary N) is 1. The zero-order valence-electron chi connectivity index (χ0n) is 18.8. The summed E-state index contributed by atoms with van der Waals surface area (Å²) in [5, 5.41) is 13.3. The van der Waals surface area contributed by atoms with Gasteiger partial charge in [0.25, 0.3) is 0 Å². The van der Waals surface area contributed by atoms with E-state index in [-0.39, 0.29) is 0 Å². The van der Waals surface area contributed by atoms with Crippen LogP contribution < -0.4 is 14.8 Å². The molecule has 0 radical (unpaired) electrons. The van der Waals surface area contributed by atoms with E-state index in [2.05, 4.69) is 5.32 Å². The Morgan fingerprint density at radius 2 is 1.65 bits per heavy atom. The van der Waals surface area contributed by atoms with Gasteiger partial charge in [0, 0.05) is 29.2 Å². The molecule has 2 N–H and O–H groups in total. The molecule has 3 aromatic rings. The van der Waals surface area contributed by atoms with Gasteiger partial charge in [0.15, 0.2) is 11.5 Å². The van der Waals surface area contributed by atoms with Gasteiger partial charge < -0.3 is 24.5 Å². The summed E-state index contributed by atoms with van der Waals surface area (Å²) < 4.78 is 12.7. The predicted molar refractivity (Wildman–Crippen MR) is 122 cm³/mol. The van der Waals surface area contributed by atoms with E-state index in [0.29, 0.717) is 30.2 Å². The monoisotopic (exact) mass is 422 g/mol. The SMILES string of the molecule is COc1ccc(CCNCc2c(C(=O)O)c(C)n(-c3ccc(C)cc3)c2C)cc1OC. The van der Waals surface area contributed by atoms with E-state index in [0.717, 1.165) is 34.6 Å². The van der Waals surface area contributed by atoms with Crippen molar-refractivity contribution in [3.05, 3.63) is 76.1 Å². The van der Waals surface area contributed by atoms with E-state index >= 15 is 0 Å². The van der Waals surface area contributed by atoms with Crippen molar-refractivity contribution in [3.8, 4) is 17.2 Å². The Balaban J connectivity index is 1.76. The highest BCUT2D eigenvalue weighted by atomic mass is 16.5. The van der Waals surface area contributed by atoms with Crippen molar-refractivity contribution in [2.45, 2.75) is 33.7 Å². The number of ether oxygens (including phenoxy) is 2. The van der Waals surface area contributed by atoms with E-state index in [1.54, 1.807) is 14.2 Å². The number of hydrogen-bond donors (Lipinski definition) is 2. The molecule has 0 saturated carbocycles. The average Bonchev–Trinajstić information content (AvgIpc) is 3.01. The third-order valence-corrected chi connectivity index (χ3v) is 5.62. The van der Waals surface area contributed by atoms with Gasteiger partial charge in [-0.25, -0.2) is 4.79 Å². The van der Waals surface area contributed by atoms with Gasteiger partial charge in [-0.1, -0.05) is 23.8 Å². The summed E-state index contributed by atoms with van der Waals surface area (Å²) in [5.74, 6) is 0.506. The van der Waals surface area contributed by atoms with Crippen LogP contribution in [-0.4, -0.2) is 36.4 Å². The van der Waals surface area contributed by atoms with E-state index in [9.17, 15) is 9.90 Å². The standard InChI is InChI=1S/C25H30N2O4/c1-16-6-9-20(10-7-16)27-17(2)21(24(18(27)3)25(28)29)15-26-13-12-19-8-11-22(30-4)23(14-19)31-5/h6-11,14,26H,12-13,15H2,1-5H3,(H,28,29). The maximum absolute atomic E-state index is 12.0. The number of hydrogen-bond acceptors (Lipinski definition) is 4. The van der Waals surface area contributed by atoms with Crippen molar-refractivity contribution in [1.29, 1.82) is 0 Å². The Bertz CT molecular complexity index is 1070. The van der Waals surface area contributed by atoms with Crippen molar-refractivity contribution in [1.82, 2.24) is 9.88 Å². The van der Waals surface area contributed by atoms with Crippen molar-refractivity contribution in [3.63, 3.8) is 0 Å². The van der Waals surface area contributed by atoms with Crippen LogP contribution in [0, 0.1) is 20.8 Å². The summed E-state index contributed by atoms with van der Waals surface area (Å²) in [7, 11) is 3.24. The highest BCUT2D eigenvalue weighted by molar-refractivity contribution is 5.91. The molecule has 0 aliphatic heterocycles. The van der Waals surface area contributed by atoms with E-state index < -0.39 is 5.97 Å². The number of carboxylic acids is 1. The molecular formula is C25H30N2O4. The molecule has 0 aliphatic rings. The fraction of sp³-hybridized carbons (Fsp3) is 0.320. The van der Waals surface area contributed by atoms with Crippen LogP contribution in [0.3, 0.4) is 0 Å². The molecule has 3 rings (SSSR count). The highest BCUT2D eigenvalue weighted by Crippen LogP contribution is 2.28. The summed E-state index contributed by atoms with van der Waals surface area (Å²) in [6.45, 7) is 7.08. The normalized spacial score (nSPS) is 10.9. The molecule has 0 aliphatic carbocycles. The number of nitrogens with zero attached hydrogens (tertiary/aromatic N) is 1. The average molecular weight is 423 g/mol. The van der Waals surface area contributed by atoms with Crippen molar-refractivity contribution in [2.75, 3.05) is 20.8 Å². The third-order valence-electron chi connectivity index (χ3n) is 5.62. The van der Waals surface area contributed by atoms with Gasteiger partial charge in [-0.15, -0.1) is 0 Å². The Morgan fingerprint density at radius 1 is 0.968 bits per heavy atom. The number of aromatic nitrogens is 1. The maximum Gasteiger partial charge on any atom is 0.337 e. The second-order valence-corrected chi connectivity index (χ2v) is 7.62. The quantitative estimate of drug-likeness (QED) is 0.499. The summed E-state index contributed by atoms with van der Waals surface area (Å²) in [6, 6.07) is 14.0. The summed E-state index contributed by atoms with van der Waals surface area (Å²) in [5.41, 5.74) is 6.13. The highest BCUT2D eigenvalue weighted by Gasteiger charge is 2.23. The Hall–Kier alpha value is -3.25. The molecule has 31 heavy (non-hydrogen) atoms. The first-order chi connectivity index (χ1) is 14.9. The lowest BCUT2D eigenvalue weighted by Crippen LogP contribution is -2.18. The molecule has 0 atom stereocenters. The smallest absolute Gasteiger partial charge is 0.337 e. The molecule has 0 fully saturated rings. The van der Waals surface area contributed by atoms with Crippen LogP contribution >= 0.6 is 0 Å². The fourth-order valence-electron chi connectivity index (χ4n) is 3.96. The second kappa shape index (κ2) is 9.71. The number of benzene rings is 2. The van der Waals surface area contributed by atoms with Gasteiger partial charge in [0.05, 0.1) is 19.8 Å². The van der Waals surface area contributed by atoms with Crippen LogP contribution in [0.25, 0.3) is 5.69 Å². The third kappa shape index (κ3) is 4.75. The second-order valence-electron chi connectivity index (χ2n) is 7.62. The minimum absolute atomic E-state index is 0.372. The lowest BCUT2D eigenvalue weighted by atomic mass is 10.1. The predicted octanol–water partition coefficient (Wildman–Crippen LogP) is 4.45. The number of rotatable bonds is 9. The largest absolute Gasteiger partial charge is 0.493 e. The van der Waals surface area contributed by atoms with E-state index in [4.69, 9.17) is 9.47 Å². The zero-order chi connectivity index (χ0) is 22.5. The number of carbonyl (C=O) groups is 1. The number of aromatic carboxylic acids is 1. The number of methoxy groups -OCH3 is 2. The number of carboxylic acid groups (broad SMARTS) is 1. The summed E-state index contributed by atoms with van der Waals surface area (Å²) in [4.78, 5) is 12.0. The van der Waals surface area contributed by atoms with Crippen LogP contribution in [0.4, 0.5) is 0 Å². The lowest BCUT2D eigenvalue weighted by molar-refractivity contribution is 0.0695. The molecule has 0 bridgehead atoms. The molecule has 1 aromatic heterocycles. The van der Waals surface area contributed by atoms with Crippen molar-refractivity contribution >= 4 is 5.97 Å². The van der Waals surface area contributed by atoms with Gasteiger partial charge in [0.1, 0.15) is 0 Å². The first kappa shape index (κ1) is 22.4. The molecule has 0 saturated heterocycles. The Labute approximate surface area is 183 Å². The maximum atomic E-state index is 12.0. The van der Waals surface area contributed by atoms with Gasteiger partial charge in [-0.3, -0.25) is 0 Å². The van der Waals surface area contributed by atoms with Gasteiger partial charge in [-0.05, 0) is 63.6 Å². The number of aryl methyl sites for hydroxylation is 1. The van der Waals surface area contributed by atoms with Crippen LogP contribution in [0.2, 0.25) is 0 Å². The Morgan fingerprint density at radius 3 is 2.26 bits per heavy atom. The minimum Gasteiger partial charge on any atom is -0.493 e. The molecule has 0 amide bonds. The van der Waals surface area contributed by atoms with Crippen molar-refractivity contribution < 1.29 is 19.4 Å². The molecule has 6 heteroatoms. The van der Waals surface area contributed by atoms with Crippen LogP contribution in [0.1, 0.15) is 38.4 Å². The van der Waals surface area contributed by atoms with Gasteiger partial charge in [-0.2, -0.15) is 0 Å². The van der Waals surface area contributed by atoms with Gasteiger partial charge >= 0.3 is 5.97 Å². The van der Waals surface area contributed by atoms with Crippen molar-refractivity contribution in [2.24, 2.45) is 0 Å². The molecule has 1 heterocycles. The minimum atomic E-state index is -0.900. The molecular weight excluding hydrogens is 392 g/mol. The van der Waals surface area contributed by atoms with Crippen LogP contribution in [-0.2, 0) is 13.0 Å². The van der Waals surface area contributed by atoms with Crippen LogP contribution in [0.5, 0.6) is 11.5 Å². The molecule has 6 nitrogen and oxygen atoms in total. The topological polar surface area (TPSA) is 72.7 Å². The molecule has 2 aromatic carbocycles. The van der Waals surface area contributed by atoms with E-state index in [1.165, 1.54) is 5.56 Å². The molecule has 0 spiro atoms. The summed E-state index contributed by atoms with van der Waals surface area (Å²) >= 11 is 0.